The minimum Gasteiger partial charge on any atom is -0.395 e. The van der Waals surface area contributed by atoms with E-state index in [0.717, 1.165) is 12.8 Å². The number of hydrogen-bond acceptors (Lipinski definition) is 4. The Labute approximate surface area is 102 Å². The summed E-state index contributed by atoms with van der Waals surface area (Å²) in [6.07, 6.45) is 7.67. The average Bonchev–Trinajstić information content (AvgIpc) is 2.32. The number of nitrogens with one attached hydrogen (secondary N) is 1. The number of nitrogens with zero attached hydrogens (tertiary/aromatic N) is 2. The van der Waals surface area contributed by atoms with E-state index in [1.165, 1.54) is 19.3 Å². The maximum Gasteiger partial charge on any atom is 0.150 e. The fourth-order valence-corrected chi connectivity index (χ4v) is 2.41. The van der Waals surface area contributed by atoms with Gasteiger partial charge in [0.05, 0.1) is 11.3 Å². The van der Waals surface area contributed by atoms with Crippen LogP contribution in [0.1, 0.15) is 44.6 Å². The molecular formula is C13H18N4. The first-order valence-corrected chi connectivity index (χ1v) is 6.07. The van der Waals surface area contributed by atoms with Gasteiger partial charge in [0, 0.05) is 11.7 Å². The van der Waals surface area contributed by atoms with Gasteiger partial charge in [-0.2, -0.15) is 5.26 Å². The van der Waals surface area contributed by atoms with E-state index in [9.17, 15) is 0 Å². The molecule has 0 atom stereocenters. The van der Waals surface area contributed by atoms with E-state index < -0.39 is 0 Å². The van der Waals surface area contributed by atoms with Crippen LogP contribution in [0.4, 0.5) is 11.5 Å². The van der Waals surface area contributed by atoms with Gasteiger partial charge in [-0.1, -0.05) is 19.3 Å². The molecule has 0 amide bonds. The minimum atomic E-state index is 0.0629. The lowest BCUT2D eigenvalue weighted by Gasteiger charge is -2.35. The Hall–Kier alpha value is -1.76. The first-order valence-electron chi connectivity index (χ1n) is 6.07. The molecule has 3 N–H and O–H groups in total. The molecule has 4 heteroatoms. The van der Waals surface area contributed by atoms with Gasteiger partial charge in [-0.3, -0.25) is 0 Å². The summed E-state index contributed by atoms with van der Waals surface area (Å²) in [5.74, 6) is 0.647. The second kappa shape index (κ2) is 4.62. The van der Waals surface area contributed by atoms with Crippen LogP contribution < -0.4 is 11.1 Å². The molecule has 0 aliphatic heterocycles. The zero-order valence-corrected chi connectivity index (χ0v) is 10.2. The number of rotatable bonds is 2. The van der Waals surface area contributed by atoms with Gasteiger partial charge in [0.15, 0.2) is 5.82 Å². The van der Waals surface area contributed by atoms with Crippen LogP contribution in [0.5, 0.6) is 0 Å². The Morgan fingerprint density at radius 1 is 1.41 bits per heavy atom. The van der Waals surface area contributed by atoms with Gasteiger partial charge in [-0.05, 0) is 25.8 Å². The lowest BCUT2D eigenvalue weighted by atomic mass is 9.83. The lowest BCUT2D eigenvalue weighted by molar-refractivity contribution is 0.348. The largest absolute Gasteiger partial charge is 0.395 e. The van der Waals surface area contributed by atoms with E-state index in [1.54, 1.807) is 12.3 Å². The molecule has 1 aliphatic carbocycles. The van der Waals surface area contributed by atoms with Gasteiger partial charge in [0.2, 0.25) is 0 Å². The van der Waals surface area contributed by atoms with Crippen molar-refractivity contribution in [2.24, 2.45) is 0 Å². The van der Waals surface area contributed by atoms with E-state index in [-0.39, 0.29) is 5.54 Å². The Morgan fingerprint density at radius 2 is 2.12 bits per heavy atom. The molecule has 1 heterocycles. The first-order chi connectivity index (χ1) is 8.14. The molecule has 0 radical (unpaired) electrons. The third-order valence-electron chi connectivity index (χ3n) is 3.49. The summed E-state index contributed by atoms with van der Waals surface area (Å²) in [5, 5.41) is 12.3. The zero-order chi connectivity index (χ0) is 12.3. The molecule has 1 aromatic heterocycles. The molecule has 90 valence electrons. The summed E-state index contributed by atoms with van der Waals surface area (Å²) in [6, 6.07) is 3.72. The number of hydrogen-bond donors (Lipinski definition) is 2. The van der Waals surface area contributed by atoms with Crippen LogP contribution in [0.25, 0.3) is 0 Å². The summed E-state index contributed by atoms with van der Waals surface area (Å²) in [4.78, 5) is 4.24. The van der Waals surface area contributed by atoms with Crippen LogP contribution in [0.15, 0.2) is 12.3 Å². The summed E-state index contributed by atoms with van der Waals surface area (Å²) < 4.78 is 0. The highest BCUT2D eigenvalue weighted by Gasteiger charge is 2.27. The zero-order valence-electron chi connectivity index (χ0n) is 10.2. The van der Waals surface area contributed by atoms with Gasteiger partial charge >= 0.3 is 0 Å². The molecule has 1 saturated carbocycles. The Bertz CT molecular complexity index is 441. The van der Waals surface area contributed by atoms with Crippen LogP contribution in [0.3, 0.4) is 0 Å². The van der Waals surface area contributed by atoms with E-state index >= 15 is 0 Å². The molecule has 0 unspecified atom stereocenters. The SMILES string of the molecule is CC1(Nc2nccc(C#N)c2N)CCCCC1. The molecular weight excluding hydrogens is 212 g/mol. The highest BCUT2D eigenvalue weighted by atomic mass is 15.1. The highest BCUT2D eigenvalue weighted by Crippen LogP contribution is 2.32. The highest BCUT2D eigenvalue weighted by molar-refractivity contribution is 5.69. The van der Waals surface area contributed by atoms with Gasteiger partial charge < -0.3 is 11.1 Å². The maximum atomic E-state index is 8.93. The maximum absolute atomic E-state index is 8.93. The minimum absolute atomic E-state index is 0.0629. The van der Waals surface area contributed by atoms with Crippen LogP contribution in [0, 0.1) is 11.3 Å². The molecule has 0 aromatic carbocycles. The molecule has 1 aliphatic rings. The third kappa shape index (κ3) is 2.50. The van der Waals surface area contributed by atoms with Crippen molar-refractivity contribution in [2.75, 3.05) is 11.1 Å². The van der Waals surface area contributed by atoms with Gasteiger partial charge in [0.1, 0.15) is 6.07 Å². The summed E-state index contributed by atoms with van der Waals surface area (Å²) in [5.41, 5.74) is 6.93. The van der Waals surface area contributed by atoms with Crippen molar-refractivity contribution >= 4 is 11.5 Å². The molecule has 2 rings (SSSR count). The first kappa shape index (κ1) is 11.7. The van der Waals surface area contributed by atoms with Crippen LogP contribution in [-0.4, -0.2) is 10.5 Å². The summed E-state index contributed by atoms with van der Waals surface area (Å²) in [6.45, 7) is 2.20. The predicted octanol–water partition coefficient (Wildman–Crippen LogP) is 2.67. The smallest absolute Gasteiger partial charge is 0.150 e. The molecule has 1 aromatic rings. The molecule has 1 fully saturated rings. The second-order valence-electron chi connectivity index (χ2n) is 4.98. The lowest BCUT2D eigenvalue weighted by Crippen LogP contribution is -2.37. The number of nitrogens with two attached hydrogens (primary N) is 1. The fraction of sp³-hybridized carbons (Fsp3) is 0.538. The van der Waals surface area contributed by atoms with E-state index in [1.807, 2.05) is 0 Å². The molecule has 0 spiro atoms. The van der Waals surface area contributed by atoms with Crippen molar-refractivity contribution in [1.29, 1.82) is 5.26 Å². The second-order valence-corrected chi connectivity index (χ2v) is 4.98. The molecule has 0 bridgehead atoms. The van der Waals surface area contributed by atoms with Gasteiger partial charge in [-0.25, -0.2) is 4.98 Å². The Kier molecular flexibility index (Phi) is 3.19. The quantitative estimate of drug-likeness (QED) is 0.819. The van der Waals surface area contributed by atoms with Crippen molar-refractivity contribution < 1.29 is 0 Å². The molecule has 17 heavy (non-hydrogen) atoms. The fourth-order valence-electron chi connectivity index (χ4n) is 2.41. The van der Waals surface area contributed by atoms with Gasteiger partial charge in [-0.15, -0.1) is 0 Å². The van der Waals surface area contributed by atoms with Crippen molar-refractivity contribution in [3.63, 3.8) is 0 Å². The topological polar surface area (TPSA) is 74.7 Å². The van der Waals surface area contributed by atoms with Crippen LogP contribution >= 0.6 is 0 Å². The van der Waals surface area contributed by atoms with Crippen LogP contribution in [0.2, 0.25) is 0 Å². The Balaban J connectivity index is 2.21. The number of anilines is 2. The van der Waals surface area contributed by atoms with E-state index in [0.29, 0.717) is 17.1 Å². The number of pyridine rings is 1. The molecule has 4 nitrogen and oxygen atoms in total. The summed E-state index contributed by atoms with van der Waals surface area (Å²) >= 11 is 0. The number of aromatic nitrogens is 1. The Morgan fingerprint density at radius 3 is 2.76 bits per heavy atom. The van der Waals surface area contributed by atoms with E-state index in [2.05, 4.69) is 23.3 Å². The van der Waals surface area contributed by atoms with Crippen molar-refractivity contribution in [2.45, 2.75) is 44.6 Å². The number of nitrogen functional groups attached to an aromatic ring is 1. The standard InChI is InChI=1S/C13H18N4/c1-13(6-3-2-4-7-13)17-12-11(15)10(9-14)5-8-16-12/h5,8H,2-4,6-7,15H2,1H3,(H,16,17). The number of nitriles is 1. The predicted molar refractivity (Wildman–Crippen MR) is 68.5 cm³/mol. The average molecular weight is 230 g/mol. The monoisotopic (exact) mass is 230 g/mol. The third-order valence-corrected chi connectivity index (χ3v) is 3.49. The van der Waals surface area contributed by atoms with Gasteiger partial charge in [0.25, 0.3) is 0 Å². The van der Waals surface area contributed by atoms with Crippen molar-refractivity contribution in [1.82, 2.24) is 4.98 Å². The normalized spacial score (nSPS) is 18.4. The molecule has 0 saturated heterocycles. The van der Waals surface area contributed by atoms with Crippen LogP contribution in [-0.2, 0) is 0 Å². The van der Waals surface area contributed by atoms with E-state index in [4.69, 9.17) is 11.0 Å². The van der Waals surface area contributed by atoms with Crippen molar-refractivity contribution in [3.05, 3.63) is 17.8 Å². The van der Waals surface area contributed by atoms with Crippen molar-refractivity contribution in [3.8, 4) is 6.07 Å². The summed E-state index contributed by atoms with van der Waals surface area (Å²) in [7, 11) is 0.